The molecule has 140 valence electrons. The van der Waals surface area contributed by atoms with Crippen LogP contribution in [0.1, 0.15) is 19.8 Å². The van der Waals surface area contributed by atoms with E-state index in [9.17, 15) is 9.59 Å². The number of nitrogens with zero attached hydrogens (tertiary/aromatic N) is 2. The van der Waals surface area contributed by atoms with E-state index in [0.29, 0.717) is 32.5 Å². The summed E-state index contributed by atoms with van der Waals surface area (Å²) in [6.07, 6.45) is 1.03. The van der Waals surface area contributed by atoms with E-state index < -0.39 is 0 Å². The quantitative estimate of drug-likeness (QED) is 0.451. The minimum absolute atomic E-state index is 0.0364. The highest BCUT2D eigenvalue weighted by atomic mass is 16.5. The van der Waals surface area contributed by atoms with E-state index in [0.717, 1.165) is 12.3 Å². The number of carbonyl (C=O) groups is 2. The average molecular weight is 350 g/mol. The van der Waals surface area contributed by atoms with E-state index in [1.165, 1.54) is 7.11 Å². The molecule has 6 heteroatoms. The fourth-order valence-electron chi connectivity index (χ4n) is 2.33. The lowest BCUT2D eigenvalue weighted by Gasteiger charge is -2.26. The first-order chi connectivity index (χ1) is 11.9. The second kappa shape index (κ2) is 11.5. The molecule has 6 nitrogen and oxygen atoms in total. The zero-order valence-electron chi connectivity index (χ0n) is 15.7. The van der Waals surface area contributed by atoms with Gasteiger partial charge in [-0.1, -0.05) is 25.1 Å². The van der Waals surface area contributed by atoms with Gasteiger partial charge in [-0.15, -0.1) is 0 Å². The van der Waals surface area contributed by atoms with Crippen LogP contribution < -0.4 is 4.74 Å². The highest BCUT2D eigenvalue weighted by Crippen LogP contribution is 2.10. The van der Waals surface area contributed by atoms with E-state index in [2.05, 4.69) is 0 Å². The standard InChI is InChI=1S/C19H30N2O4/c1-16(19(23)24-4)15-21(13-12-20(2)3)18(22)11-8-14-25-17-9-6-5-7-10-17/h5-7,9-10,16H,8,11-15H2,1-4H3. The van der Waals surface area contributed by atoms with Crippen molar-refractivity contribution in [2.24, 2.45) is 5.92 Å². The maximum atomic E-state index is 12.5. The predicted octanol–water partition coefficient (Wildman–Crippen LogP) is 2.04. The fourth-order valence-corrected chi connectivity index (χ4v) is 2.33. The summed E-state index contributed by atoms with van der Waals surface area (Å²) in [7, 11) is 5.28. The Labute approximate surface area is 150 Å². The number of para-hydroxylation sites is 1. The van der Waals surface area contributed by atoms with E-state index >= 15 is 0 Å². The van der Waals surface area contributed by atoms with Crippen LogP contribution in [0.3, 0.4) is 0 Å². The Kier molecular flexibility index (Phi) is 9.62. The van der Waals surface area contributed by atoms with Crippen molar-refractivity contribution in [2.45, 2.75) is 19.8 Å². The molecule has 0 aromatic heterocycles. The molecular weight excluding hydrogens is 320 g/mol. The van der Waals surface area contributed by atoms with Gasteiger partial charge in [0.25, 0.3) is 0 Å². The van der Waals surface area contributed by atoms with Crippen molar-refractivity contribution in [3.05, 3.63) is 30.3 Å². The normalized spacial score (nSPS) is 11.9. The summed E-state index contributed by atoms with van der Waals surface area (Å²) < 4.78 is 10.4. The molecule has 25 heavy (non-hydrogen) atoms. The van der Waals surface area contributed by atoms with Gasteiger partial charge in [0.1, 0.15) is 5.75 Å². The second-order valence-electron chi connectivity index (χ2n) is 6.33. The van der Waals surface area contributed by atoms with Gasteiger partial charge in [0.05, 0.1) is 19.6 Å². The third-order valence-corrected chi connectivity index (χ3v) is 3.81. The second-order valence-corrected chi connectivity index (χ2v) is 6.33. The summed E-state index contributed by atoms with van der Waals surface area (Å²) in [6, 6.07) is 9.54. The summed E-state index contributed by atoms with van der Waals surface area (Å²) in [5.41, 5.74) is 0. The number of likely N-dealkylation sites (N-methyl/N-ethyl adjacent to an activating group) is 1. The lowest BCUT2D eigenvalue weighted by atomic mass is 10.1. The van der Waals surface area contributed by atoms with Crippen LogP contribution in [-0.2, 0) is 14.3 Å². The van der Waals surface area contributed by atoms with Crippen LogP contribution in [-0.4, -0.2) is 69.1 Å². The van der Waals surface area contributed by atoms with Crippen molar-refractivity contribution in [3.8, 4) is 5.75 Å². The number of benzene rings is 1. The molecule has 1 unspecified atom stereocenters. The SMILES string of the molecule is COC(=O)C(C)CN(CCN(C)C)C(=O)CCCOc1ccccc1. The Morgan fingerprint density at radius 2 is 1.80 bits per heavy atom. The smallest absolute Gasteiger partial charge is 0.310 e. The van der Waals surface area contributed by atoms with E-state index in [1.807, 2.05) is 49.3 Å². The van der Waals surface area contributed by atoms with Crippen molar-refractivity contribution in [1.29, 1.82) is 0 Å². The number of rotatable bonds is 11. The van der Waals surface area contributed by atoms with Crippen LogP contribution in [0, 0.1) is 5.92 Å². The molecule has 1 aromatic rings. The molecule has 0 heterocycles. The first-order valence-electron chi connectivity index (χ1n) is 8.62. The zero-order valence-corrected chi connectivity index (χ0v) is 15.7. The van der Waals surface area contributed by atoms with E-state index in [1.54, 1.807) is 11.8 Å². The maximum absolute atomic E-state index is 12.5. The number of hydrogen-bond donors (Lipinski definition) is 0. The summed E-state index contributed by atoms with van der Waals surface area (Å²) in [5, 5.41) is 0. The van der Waals surface area contributed by atoms with Gasteiger partial charge in [-0.2, -0.15) is 0 Å². The van der Waals surface area contributed by atoms with E-state index in [-0.39, 0.29) is 17.8 Å². The number of amides is 1. The van der Waals surface area contributed by atoms with E-state index in [4.69, 9.17) is 9.47 Å². The maximum Gasteiger partial charge on any atom is 0.310 e. The number of methoxy groups -OCH3 is 1. The van der Waals surface area contributed by atoms with Crippen LogP contribution in [0.25, 0.3) is 0 Å². The molecule has 1 atom stereocenters. The van der Waals surface area contributed by atoms with Gasteiger partial charge < -0.3 is 19.3 Å². The first-order valence-corrected chi connectivity index (χ1v) is 8.62. The molecule has 0 radical (unpaired) electrons. The zero-order chi connectivity index (χ0) is 18.7. The van der Waals surface area contributed by atoms with Gasteiger partial charge in [-0.3, -0.25) is 9.59 Å². The fraction of sp³-hybridized carbons (Fsp3) is 0.579. The predicted molar refractivity (Wildman–Crippen MR) is 97.5 cm³/mol. The first kappa shape index (κ1) is 21.0. The van der Waals surface area contributed by atoms with Gasteiger partial charge in [0.2, 0.25) is 5.91 Å². The summed E-state index contributed by atoms with van der Waals surface area (Å²) in [6.45, 7) is 3.98. The molecule has 0 fully saturated rings. The van der Waals surface area contributed by atoms with Crippen molar-refractivity contribution in [3.63, 3.8) is 0 Å². The molecule has 1 aromatic carbocycles. The summed E-state index contributed by atoms with van der Waals surface area (Å²) in [4.78, 5) is 27.9. The third-order valence-electron chi connectivity index (χ3n) is 3.81. The molecule has 0 saturated carbocycles. The van der Waals surface area contributed by atoms with Crippen molar-refractivity contribution >= 4 is 11.9 Å². The van der Waals surface area contributed by atoms with Gasteiger partial charge in [0, 0.05) is 26.1 Å². The molecule has 1 rings (SSSR count). The Morgan fingerprint density at radius 3 is 2.40 bits per heavy atom. The minimum atomic E-state index is -0.336. The van der Waals surface area contributed by atoms with Gasteiger partial charge in [0.15, 0.2) is 0 Å². The van der Waals surface area contributed by atoms with Crippen LogP contribution in [0.5, 0.6) is 5.75 Å². The van der Waals surface area contributed by atoms with Crippen molar-refractivity contribution in [1.82, 2.24) is 9.80 Å². The molecule has 0 aliphatic carbocycles. The van der Waals surface area contributed by atoms with Gasteiger partial charge in [-0.25, -0.2) is 0 Å². The number of hydrogen-bond acceptors (Lipinski definition) is 5. The molecule has 0 saturated heterocycles. The topological polar surface area (TPSA) is 59.1 Å². The van der Waals surface area contributed by atoms with Crippen molar-refractivity contribution < 1.29 is 19.1 Å². The average Bonchev–Trinajstić information content (AvgIpc) is 2.61. The molecule has 0 aliphatic heterocycles. The Balaban J connectivity index is 2.46. The van der Waals surface area contributed by atoms with Crippen LogP contribution in [0.4, 0.5) is 0 Å². The monoisotopic (exact) mass is 350 g/mol. The number of esters is 1. The summed E-state index contributed by atoms with van der Waals surface area (Å²) in [5.74, 6) is 0.208. The van der Waals surface area contributed by atoms with Crippen LogP contribution in [0.15, 0.2) is 30.3 Å². The molecule has 1 amide bonds. The van der Waals surface area contributed by atoms with Gasteiger partial charge in [-0.05, 0) is 32.6 Å². The summed E-state index contributed by atoms with van der Waals surface area (Å²) >= 11 is 0. The lowest BCUT2D eigenvalue weighted by Crippen LogP contribution is -2.41. The molecule has 0 aliphatic rings. The molecular formula is C19H30N2O4. The molecule has 0 N–H and O–H groups in total. The number of carbonyl (C=O) groups excluding carboxylic acids is 2. The lowest BCUT2D eigenvalue weighted by molar-refractivity contribution is -0.146. The van der Waals surface area contributed by atoms with Gasteiger partial charge >= 0.3 is 5.97 Å². The largest absolute Gasteiger partial charge is 0.494 e. The minimum Gasteiger partial charge on any atom is -0.494 e. The Hall–Kier alpha value is -2.08. The molecule has 0 spiro atoms. The molecule has 0 bridgehead atoms. The van der Waals surface area contributed by atoms with Crippen LogP contribution >= 0.6 is 0 Å². The van der Waals surface area contributed by atoms with Crippen molar-refractivity contribution in [2.75, 3.05) is 47.4 Å². The third kappa shape index (κ3) is 8.54. The van der Waals surface area contributed by atoms with Crippen LogP contribution in [0.2, 0.25) is 0 Å². The Bertz CT molecular complexity index is 519. The highest BCUT2D eigenvalue weighted by Gasteiger charge is 2.21. The highest BCUT2D eigenvalue weighted by molar-refractivity contribution is 5.78. The Morgan fingerprint density at radius 1 is 1.12 bits per heavy atom. The number of ether oxygens (including phenoxy) is 2.